The molecule has 54 valence electrons. The van der Waals surface area contributed by atoms with Crippen molar-refractivity contribution in [2.24, 2.45) is 0 Å². The Morgan fingerprint density at radius 1 is 1.45 bits per heavy atom. The van der Waals surface area contributed by atoms with Gasteiger partial charge in [-0.25, -0.2) is 0 Å². The first kappa shape index (κ1) is 6.28. The predicted octanol–water partition coefficient (Wildman–Crippen LogP) is -0.332. The Morgan fingerprint density at radius 2 is 2.27 bits per heavy atom. The van der Waals surface area contributed by atoms with Crippen LogP contribution in [0, 0.1) is 0 Å². The molecule has 11 heavy (non-hydrogen) atoms. The van der Waals surface area contributed by atoms with Crippen molar-refractivity contribution in [2.75, 3.05) is 5.73 Å². The molecule has 1 aromatic heterocycles. The molecule has 1 aromatic carbocycles. The maximum atomic E-state index is 5.36. The minimum absolute atomic E-state index is 0.227. The van der Waals surface area contributed by atoms with E-state index in [4.69, 9.17) is 10.2 Å². The van der Waals surface area contributed by atoms with E-state index in [1.165, 1.54) is 0 Å². The third-order valence-corrected chi connectivity index (χ3v) is 1.56. The molecule has 0 aliphatic carbocycles. The zero-order valence-electron chi connectivity index (χ0n) is 6.16. The van der Waals surface area contributed by atoms with Crippen molar-refractivity contribution in [3.05, 3.63) is 18.2 Å². The summed E-state index contributed by atoms with van der Waals surface area (Å²) in [6, 6.07) is 6.00. The molecular formula is C7H7BN2O. The van der Waals surface area contributed by atoms with E-state index < -0.39 is 0 Å². The highest BCUT2D eigenvalue weighted by Gasteiger charge is 2.00. The number of oxazole rings is 1. The molecule has 0 spiro atoms. The summed E-state index contributed by atoms with van der Waals surface area (Å²) < 4.78 is 5.09. The van der Waals surface area contributed by atoms with Crippen LogP contribution in [0.2, 0.25) is 0 Å². The fourth-order valence-corrected chi connectivity index (χ4v) is 1.06. The molecule has 4 heteroatoms. The molecule has 0 radical (unpaired) electrons. The fourth-order valence-electron chi connectivity index (χ4n) is 1.06. The van der Waals surface area contributed by atoms with Gasteiger partial charge in [0.25, 0.3) is 6.01 Å². The second-order valence-corrected chi connectivity index (χ2v) is 2.52. The van der Waals surface area contributed by atoms with E-state index in [1.54, 1.807) is 0 Å². The maximum absolute atomic E-state index is 5.36. The number of nitrogens with two attached hydrogens (primary N) is 1. The van der Waals surface area contributed by atoms with Crippen LogP contribution in [0.15, 0.2) is 22.6 Å². The van der Waals surface area contributed by atoms with Gasteiger partial charge in [0.2, 0.25) is 0 Å². The molecule has 0 atom stereocenters. The van der Waals surface area contributed by atoms with Crippen molar-refractivity contribution in [1.29, 1.82) is 0 Å². The normalized spacial score (nSPS) is 10.5. The molecule has 0 saturated carbocycles. The van der Waals surface area contributed by atoms with Gasteiger partial charge in [-0.05, 0) is 12.1 Å². The van der Waals surface area contributed by atoms with Crippen molar-refractivity contribution >= 4 is 30.4 Å². The molecule has 0 saturated heterocycles. The first-order valence-electron chi connectivity index (χ1n) is 3.38. The van der Waals surface area contributed by atoms with Crippen molar-refractivity contribution in [3.8, 4) is 0 Å². The van der Waals surface area contributed by atoms with E-state index in [0.29, 0.717) is 0 Å². The average molecular weight is 146 g/mol. The predicted molar refractivity (Wildman–Crippen MR) is 46.6 cm³/mol. The molecule has 0 aliphatic rings. The van der Waals surface area contributed by atoms with E-state index in [2.05, 4.69) is 4.98 Å². The highest BCUT2D eigenvalue weighted by molar-refractivity contribution is 6.33. The number of fused-ring (bicyclic) bond motifs is 1. The summed E-state index contributed by atoms with van der Waals surface area (Å²) >= 11 is 0. The average Bonchev–Trinajstić information content (AvgIpc) is 2.27. The Kier molecular flexibility index (Phi) is 1.15. The van der Waals surface area contributed by atoms with Crippen LogP contribution in [-0.4, -0.2) is 12.8 Å². The van der Waals surface area contributed by atoms with E-state index in [0.717, 1.165) is 16.6 Å². The summed E-state index contributed by atoms with van der Waals surface area (Å²) in [4.78, 5) is 3.99. The van der Waals surface area contributed by atoms with Crippen molar-refractivity contribution in [3.63, 3.8) is 0 Å². The standard InChI is InChI=1S/C7H7BN2O/c8-4-1-2-6-5(3-4)10-7(9)11-6/h1-3H,8H2,(H2,9,10). The number of anilines is 1. The Labute approximate surface area is 64.6 Å². The Bertz CT molecular complexity index is 396. The molecule has 0 fully saturated rings. The first-order chi connectivity index (χ1) is 5.25. The van der Waals surface area contributed by atoms with Gasteiger partial charge in [-0.2, -0.15) is 4.98 Å². The summed E-state index contributed by atoms with van der Waals surface area (Å²) in [5.74, 6) is 0. The second kappa shape index (κ2) is 2.02. The number of aromatic nitrogens is 1. The minimum atomic E-state index is 0.227. The molecule has 1 heterocycles. The topological polar surface area (TPSA) is 52.0 Å². The number of hydrogen-bond acceptors (Lipinski definition) is 3. The lowest BCUT2D eigenvalue weighted by atomic mass is 9.96. The third kappa shape index (κ3) is 0.961. The summed E-state index contributed by atoms with van der Waals surface area (Å²) in [6.45, 7) is 0. The van der Waals surface area contributed by atoms with Gasteiger partial charge in [0.1, 0.15) is 13.4 Å². The van der Waals surface area contributed by atoms with Crippen LogP contribution in [0.1, 0.15) is 0 Å². The summed E-state index contributed by atoms with van der Waals surface area (Å²) in [7, 11) is 2.00. The Morgan fingerprint density at radius 3 is 3.09 bits per heavy atom. The number of nitrogen functional groups attached to an aromatic ring is 1. The second-order valence-electron chi connectivity index (χ2n) is 2.52. The molecule has 3 nitrogen and oxygen atoms in total. The van der Waals surface area contributed by atoms with Crippen molar-refractivity contribution in [1.82, 2.24) is 4.98 Å². The van der Waals surface area contributed by atoms with Gasteiger partial charge in [-0.15, -0.1) is 0 Å². The van der Waals surface area contributed by atoms with Crippen molar-refractivity contribution < 1.29 is 4.42 Å². The number of benzene rings is 1. The van der Waals surface area contributed by atoms with Crippen LogP contribution >= 0.6 is 0 Å². The Hall–Kier alpha value is -1.45. The zero-order valence-corrected chi connectivity index (χ0v) is 6.16. The van der Waals surface area contributed by atoms with E-state index in [1.807, 2.05) is 26.0 Å². The minimum Gasteiger partial charge on any atom is -0.424 e. The lowest BCUT2D eigenvalue weighted by Crippen LogP contribution is -1.98. The first-order valence-corrected chi connectivity index (χ1v) is 3.38. The smallest absolute Gasteiger partial charge is 0.292 e. The summed E-state index contributed by atoms with van der Waals surface area (Å²) in [6.07, 6.45) is 0. The highest BCUT2D eigenvalue weighted by Crippen LogP contribution is 2.13. The van der Waals surface area contributed by atoms with E-state index in [-0.39, 0.29) is 6.01 Å². The molecule has 0 unspecified atom stereocenters. The van der Waals surface area contributed by atoms with Gasteiger partial charge in [0.05, 0.1) is 0 Å². The van der Waals surface area contributed by atoms with Crippen LogP contribution in [0.3, 0.4) is 0 Å². The molecule has 0 aliphatic heterocycles. The van der Waals surface area contributed by atoms with Crippen LogP contribution < -0.4 is 11.2 Å². The number of nitrogens with zero attached hydrogens (tertiary/aromatic N) is 1. The third-order valence-electron chi connectivity index (χ3n) is 1.56. The van der Waals surface area contributed by atoms with Gasteiger partial charge >= 0.3 is 0 Å². The fraction of sp³-hybridized carbons (Fsp3) is 0. The van der Waals surface area contributed by atoms with Crippen LogP contribution in [-0.2, 0) is 0 Å². The summed E-state index contributed by atoms with van der Waals surface area (Å²) in [5.41, 5.74) is 8.09. The number of rotatable bonds is 0. The Balaban J connectivity index is 2.82. The monoisotopic (exact) mass is 146 g/mol. The summed E-state index contributed by atoms with van der Waals surface area (Å²) in [5, 5.41) is 0. The van der Waals surface area contributed by atoms with Crippen molar-refractivity contribution in [2.45, 2.75) is 0 Å². The van der Waals surface area contributed by atoms with Gasteiger partial charge in [-0.1, -0.05) is 11.5 Å². The SMILES string of the molecule is Bc1ccc2oc(N)nc2c1. The lowest BCUT2D eigenvalue weighted by molar-refractivity contribution is 0.626. The number of hydrogen-bond donors (Lipinski definition) is 1. The van der Waals surface area contributed by atoms with Gasteiger partial charge in [-0.3, -0.25) is 0 Å². The quantitative estimate of drug-likeness (QED) is 0.517. The van der Waals surface area contributed by atoms with Crippen LogP contribution in [0.5, 0.6) is 0 Å². The van der Waals surface area contributed by atoms with E-state index >= 15 is 0 Å². The largest absolute Gasteiger partial charge is 0.424 e. The lowest BCUT2D eigenvalue weighted by Gasteiger charge is -1.87. The van der Waals surface area contributed by atoms with Gasteiger partial charge < -0.3 is 10.2 Å². The molecule has 2 aromatic rings. The molecular weight excluding hydrogens is 139 g/mol. The molecule has 0 amide bonds. The van der Waals surface area contributed by atoms with E-state index in [9.17, 15) is 0 Å². The van der Waals surface area contributed by atoms with Crippen LogP contribution in [0.4, 0.5) is 6.01 Å². The molecule has 2 rings (SSSR count). The zero-order chi connectivity index (χ0) is 7.84. The maximum Gasteiger partial charge on any atom is 0.292 e. The van der Waals surface area contributed by atoms with Gasteiger partial charge in [0, 0.05) is 0 Å². The van der Waals surface area contributed by atoms with Crippen LogP contribution in [0.25, 0.3) is 11.1 Å². The highest BCUT2D eigenvalue weighted by atomic mass is 16.4. The molecule has 0 bridgehead atoms. The molecule has 2 N–H and O–H groups in total. The van der Waals surface area contributed by atoms with Gasteiger partial charge in [0.15, 0.2) is 5.58 Å².